The minimum atomic E-state index is 0.800. The molecule has 0 aliphatic carbocycles. The monoisotopic (exact) mass is 223 g/mol. The van der Waals surface area contributed by atoms with Crippen molar-refractivity contribution in [3.05, 3.63) is 48.5 Å². The van der Waals surface area contributed by atoms with Gasteiger partial charge in [-0.25, -0.2) is 9.97 Å². The Balaban J connectivity index is 2.20. The van der Waals surface area contributed by atoms with E-state index in [-0.39, 0.29) is 0 Å². The fourth-order valence-electron chi connectivity index (χ4n) is 2.04. The van der Waals surface area contributed by atoms with E-state index >= 15 is 0 Å². The summed E-state index contributed by atoms with van der Waals surface area (Å²) in [4.78, 5) is 8.56. The first-order valence-corrected chi connectivity index (χ1v) is 5.59. The molecule has 0 bridgehead atoms. The molecule has 0 aliphatic heterocycles. The number of fused-ring (bicyclic) bond motifs is 1. The number of rotatable bonds is 1. The highest BCUT2D eigenvalue weighted by Gasteiger charge is 2.03. The van der Waals surface area contributed by atoms with Crippen LogP contribution in [0.15, 0.2) is 42.7 Å². The third-order valence-electron chi connectivity index (χ3n) is 2.96. The van der Waals surface area contributed by atoms with Crippen molar-refractivity contribution in [3.8, 4) is 11.3 Å². The van der Waals surface area contributed by atoms with Crippen LogP contribution in [0.1, 0.15) is 5.82 Å². The number of hydrogen-bond donors (Lipinski definition) is 0. The van der Waals surface area contributed by atoms with Crippen LogP contribution in [0, 0.1) is 6.92 Å². The lowest BCUT2D eigenvalue weighted by molar-refractivity contribution is 0.969. The van der Waals surface area contributed by atoms with Gasteiger partial charge in [-0.3, -0.25) is 0 Å². The van der Waals surface area contributed by atoms with E-state index in [1.165, 1.54) is 10.9 Å². The van der Waals surface area contributed by atoms with Gasteiger partial charge in [-0.2, -0.15) is 0 Å². The predicted molar refractivity (Wildman–Crippen MR) is 68.7 cm³/mol. The molecule has 0 saturated carbocycles. The van der Waals surface area contributed by atoms with Gasteiger partial charge < -0.3 is 4.57 Å². The first-order valence-electron chi connectivity index (χ1n) is 5.59. The average Bonchev–Trinajstić information content (AvgIpc) is 2.71. The topological polar surface area (TPSA) is 30.7 Å². The Morgan fingerprint density at radius 3 is 2.82 bits per heavy atom. The molecule has 17 heavy (non-hydrogen) atoms. The van der Waals surface area contributed by atoms with Crippen molar-refractivity contribution in [2.75, 3.05) is 0 Å². The highest BCUT2D eigenvalue weighted by Crippen LogP contribution is 2.23. The van der Waals surface area contributed by atoms with E-state index in [1.807, 2.05) is 13.0 Å². The first kappa shape index (κ1) is 10.0. The second-order valence-electron chi connectivity index (χ2n) is 4.19. The summed E-state index contributed by atoms with van der Waals surface area (Å²) < 4.78 is 2.12. The second-order valence-corrected chi connectivity index (χ2v) is 4.19. The van der Waals surface area contributed by atoms with Crippen molar-refractivity contribution in [2.24, 2.45) is 7.05 Å². The Bertz CT molecular complexity index is 683. The van der Waals surface area contributed by atoms with Crippen LogP contribution in [0.2, 0.25) is 0 Å². The van der Waals surface area contributed by atoms with Crippen LogP contribution in [-0.2, 0) is 7.05 Å². The first-order chi connectivity index (χ1) is 8.24. The molecular formula is C14H13N3. The standard InChI is InChI=1S/C14H13N3/c1-10-15-7-5-13(16-10)12-4-3-11-6-8-17(2)14(11)9-12/h3-9H,1-2H3. The number of nitrogens with zero attached hydrogens (tertiary/aromatic N) is 3. The van der Waals surface area contributed by atoms with Gasteiger partial charge in [-0.15, -0.1) is 0 Å². The summed E-state index contributed by atoms with van der Waals surface area (Å²) in [6.07, 6.45) is 3.87. The maximum atomic E-state index is 4.44. The van der Waals surface area contributed by atoms with E-state index in [2.05, 4.69) is 52.0 Å². The summed E-state index contributed by atoms with van der Waals surface area (Å²) in [6, 6.07) is 10.4. The van der Waals surface area contributed by atoms with E-state index in [0.717, 1.165) is 17.1 Å². The zero-order chi connectivity index (χ0) is 11.8. The van der Waals surface area contributed by atoms with Crippen molar-refractivity contribution in [2.45, 2.75) is 6.92 Å². The van der Waals surface area contributed by atoms with Crippen molar-refractivity contribution in [1.29, 1.82) is 0 Å². The summed E-state index contributed by atoms with van der Waals surface area (Å²) >= 11 is 0. The number of aromatic nitrogens is 3. The quantitative estimate of drug-likeness (QED) is 0.635. The zero-order valence-corrected chi connectivity index (χ0v) is 9.88. The highest BCUT2D eigenvalue weighted by atomic mass is 14.9. The molecule has 0 saturated heterocycles. The van der Waals surface area contributed by atoms with Crippen LogP contribution in [0.3, 0.4) is 0 Å². The number of benzene rings is 1. The summed E-state index contributed by atoms with van der Waals surface area (Å²) in [6.45, 7) is 1.91. The molecule has 84 valence electrons. The van der Waals surface area contributed by atoms with Gasteiger partial charge in [-0.05, 0) is 30.5 Å². The lowest BCUT2D eigenvalue weighted by atomic mass is 10.1. The Hall–Kier alpha value is -2.16. The Labute approximate surface area is 99.8 Å². The molecule has 0 atom stereocenters. The molecule has 0 amide bonds. The molecule has 2 heterocycles. The summed E-state index contributed by atoms with van der Waals surface area (Å²) in [7, 11) is 2.05. The van der Waals surface area contributed by atoms with Gasteiger partial charge in [0.2, 0.25) is 0 Å². The van der Waals surface area contributed by atoms with Gasteiger partial charge >= 0.3 is 0 Å². The van der Waals surface area contributed by atoms with Crippen LogP contribution in [0.5, 0.6) is 0 Å². The minimum absolute atomic E-state index is 0.800. The SMILES string of the molecule is Cc1nccc(-c2ccc3ccn(C)c3c2)n1. The van der Waals surface area contributed by atoms with Gasteiger partial charge in [0, 0.05) is 30.5 Å². The van der Waals surface area contributed by atoms with Crippen molar-refractivity contribution in [1.82, 2.24) is 14.5 Å². The van der Waals surface area contributed by atoms with Crippen molar-refractivity contribution < 1.29 is 0 Å². The molecule has 0 N–H and O–H groups in total. The number of aryl methyl sites for hydroxylation is 2. The zero-order valence-electron chi connectivity index (χ0n) is 9.88. The van der Waals surface area contributed by atoms with Crippen molar-refractivity contribution in [3.63, 3.8) is 0 Å². The largest absolute Gasteiger partial charge is 0.351 e. The predicted octanol–water partition coefficient (Wildman–Crippen LogP) is 2.94. The molecule has 0 spiro atoms. The molecule has 3 aromatic rings. The minimum Gasteiger partial charge on any atom is -0.351 e. The molecule has 3 nitrogen and oxygen atoms in total. The Morgan fingerprint density at radius 1 is 1.12 bits per heavy atom. The van der Waals surface area contributed by atoms with E-state index in [4.69, 9.17) is 0 Å². The molecule has 2 aromatic heterocycles. The Morgan fingerprint density at radius 2 is 2.00 bits per heavy atom. The van der Waals surface area contributed by atoms with Crippen LogP contribution in [-0.4, -0.2) is 14.5 Å². The van der Waals surface area contributed by atoms with Gasteiger partial charge in [0.1, 0.15) is 5.82 Å². The molecular weight excluding hydrogens is 210 g/mol. The van der Waals surface area contributed by atoms with Gasteiger partial charge in [-0.1, -0.05) is 12.1 Å². The second kappa shape index (κ2) is 3.70. The normalized spacial score (nSPS) is 10.9. The summed E-state index contributed by atoms with van der Waals surface area (Å²) in [5, 5.41) is 1.25. The Kier molecular flexibility index (Phi) is 2.18. The number of hydrogen-bond acceptors (Lipinski definition) is 2. The van der Waals surface area contributed by atoms with Crippen LogP contribution >= 0.6 is 0 Å². The van der Waals surface area contributed by atoms with Crippen LogP contribution in [0.4, 0.5) is 0 Å². The third-order valence-corrected chi connectivity index (χ3v) is 2.96. The molecule has 3 rings (SSSR count). The molecule has 0 radical (unpaired) electrons. The molecule has 3 heteroatoms. The molecule has 0 aliphatic rings. The lowest BCUT2D eigenvalue weighted by Crippen LogP contribution is -1.90. The molecule has 0 unspecified atom stereocenters. The maximum Gasteiger partial charge on any atom is 0.125 e. The van der Waals surface area contributed by atoms with Gasteiger partial charge in [0.25, 0.3) is 0 Å². The summed E-state index contributed by atoms with van der Waals surface area (Å²) in [5.41, 5.74) is 3.32. The van der Waals surface area contributed by atoms with Crippen LogP contribution in [0.25, 0.3) is 22.2 Å². The summed E-state index contributed by atoms with van der Waals surface area (Å²) in [5.74, 6) is 0.800. The van der Waals surface area contributed by atoms with E-state index in [1.54, 1.807) is 6.20 Å². The average molecular weight is 223 g/mol. The van der Waals surface area contributed by atoms with E-state index in [9.17, 15) is 0 Å². The van der Waals surface area contributed by atoms with E-state index in [0.29, 0.717) is 0 Å². The fraction of sp³-hybridized carbons (Fsp3) is 0.143. The smallest absolute Gasteiger partial charge is 0.125 e. The van der Waals surface area contributed by atoms with E-state index < -0.39 is 0 Å². The fourth-order valence-corrected chi connectivity index (χ4v) is 2.04. The third kappa shape index (κ3) is 1.69. The lowest BCUT2D eigenvalue weighted by Gasteiger charge is -2.03. The maximum absolute atomic E-state index is 4.44. The van der Waals surface area contributed by atoms with Gasteiger partial charge in [0.15, 0.2) is 0 Å². The van der Waals surface area contributed by atoms with Gasteiger partial charge in [0.05, 0.1) is 5.69 Å². The highest BCUT2D eigenvalue weighted by molar-refractivity contribution is 5.84. The molecule has 1 aromatic carbocycles. The van der Waals surface area contributed by atoms with Crippen molar-refractivity contribution >= 4 is 10.9 Å². The van der Waals surface area contributed by atoms with Crippen LogP contribution < -0.4 is 0 Å². The molecule has 0 fully saturated rings.